The number of hydrogen-bond acceptors (Lipinski definition) is 3. The Hall–Kier alpha value is -2.82. The fourth-order valence-electron chi connectivity index (χ4n) is 3.81. The van der Waals surface area contributed by atoms with Crippen molar-refractivity contribution in [2.45, 2.75) is 25.8 Å². The zero-order chi connectivity index (χ0) is 18.6. The van der Waals surface area contributed by atoms with Crippen LogP contribution in [-0.4, -0.2) is 36.4 Å². The maximum atomic E-state index is 12.3. The Labute approximate surface area is 159 Å². The van der Waals surface area contributed by atoms with E-state index in [1.165, 1.54) is 5.56 Å². The van der Waals surface area contributed by atoms with Crippen molar-refractivity contribution < 1.29 is 14.3 Å². The molecule has 2 aliphatic rings. The lowest BCUT2D eigenvalue weighted by molar-refractivity contribution is -0.121. The van der Waals surface area contributed by atoms with Crippen LogP contribution in [0.15, 0.2) is 48.5 Å². The van der Waals surface area contributed by atoms with E-state index >= 15 is 0 Å². The summed E-state index contributed by atoms with van der Waals surface area (Å²) in [6.07, 6.45) is 2.17. The lowest BCUT2D eigenvalue weighted by atomic mass is 9.97. The Kier molecular flexibility index (Phi) is 5.10. The number of ether oxygens (including phenoxy) is 1. The lowest BCUT2D eigenvalue weighted by Gasteiger charge is -2.17. The van der Waals surface area contributed by atoms with Crippen molar-refractivity contribution in [2.24, 2.45) is 5.92 Å². The largest absolute Gasteiger partial charge is 0.493 e. The molecule has 2 aliphatic heterocycles. The van der Waals surface area contributed by atoms with Gasteiger partial charge in [0.2, 0.25) is 5.91 Å². The first-order valence-corrected chi connectivity index (χ1v) is 9.55. The highest BCUT2D eigenvalue weighted by Gasteiger charge is 2.27. The lowest BCUT2D eigenvalue weighted by Crippen LogP contribution is -2.34. The number of amides is 2. The second-order valence-corrected chi connectivity index (χ2v) is 7.25. The number of nitrogens with zero attached hydrogens (tertiary/aromatic N) is 1. The normalized spacial score (nSPS) is 18.3. The van der Waals surface area contributed by atoms with E-state index in [-0.39, 0.29) is 11.8 Å². The molecule has 0 aliphatic carbocycles. The predicted octanol–water partition coefficient (Wildman–Crippen LogP) is 2.79. The first-order chi connectivity index (χ1) is 13.2. The Balaban J connectivity index is 1.24. The summed E-state index contributed by atoms with van der Waals surface area (Å²) in [5, 5.41) is 3.04. The van der Waals surface area contributed by atoms with Gasteiger partial charge >= 0.3 is 0 Å². The number of rotatable bonds is 5. The molecule has 1 unspecified atom stereocenters. The van der Waals surface area contributed by atoms with Gasteiger partial charge in [0.1, 0.15) is 5.75 Å². The summed E-state index contributed by atoms with van der Waals surface area (Å²) in [5.41, 5.74) is 3.00. The molecular weight excluding hydrogens is 340 g/mol. The molecule has 2 aromatic carbocycles. The number of nitrogens with one attached hydrogen (secondary N) is 1. The fraction of sp³-hybridized carbons (Fsp3) is 0.364. The number of carbonyl (C=O) groups excluding carboxylic acids is 2. The molecule has 0 saturated heterocycles. The highest BCUT2D eigenvalue weighted by Crippen LogP contribution is 2.26. The van der Waals surface area contributed by atoms with Gasteiger partial charge in [-0.1, -0.05) is 36.4 Å². The zero-order valence-electron chi connectivity index (χ0n) is 15.3. The summed E-state index contributed by atoms with van der Waals surface area (Å²) >= 11 is 0. The molecule has 2 amide bonds. The highest BCUT2D eigenvalue weighted by molar-refractivity contribution is 5.98. The highest BCUT2D eigenvalue weighted by atomic mass is 16.5. The van der Waals surface area contributed by atoms with Crippen LogP contribution in [0.2, 0.25) is 0 Å². The van der Waals surface area contributed by atoms with Crippen molar-refractivity contribution in [1.29, 1.82) is 0 Å². The molecule has 2 aromatic rings. The molecule has 27 heavy (non-hydrogen) atoms. The smallest absolute Gasteiger partial charge is 0.254 e. The molecule has 0 saturated carbocycles. The number of benzene rings is 2. The zero-order valence-corrected chi connectivity index (χ0v) is 15.3. The van der Waals surface area contributed by atoms with Gasteiger partial charge in [-0.2, -0.15) is 0 Å². The Morgan fingerprint density at radius 1 is 1.11 bits per heavy atom. The van der Waals surface area contributed by atoms with Gasteiger partial charge in [0.05, 0.1) is 6.61 Å². The van der Waals surface area contributed by atoms with Gasteiger partial charge in [0, 0.05) is 31.6 Å². The van der Waals surface area contributed by atoms with Crippen molar-refractivity contribution in [2.75, 3.05) is 19.7 Å². The van der Waals surface area contributed by atoms with Crippen LogP contribution in [0.3, 0.4) is 0 Å². The van der Waals surface area contributed by atoms with Crippen LogP contribution in [0.5, 0.6) is 5.75 Å². The Bertz CT molecular complexity index is 849. The number of fused-ring (bicyclic) bond motifs is 2. The first-order valence-electron chi connectivity index (χ1n) is 9.55. The van der Waals surface area contributed by atoms with Crippen LogP contribution in [0.1, 0.15) is 34.3 Å². The van der Waals surface area contributed by atoms with Crippen molar-refractivity contribution in [3.63, 3.8) is 0 Å². The summed E-state index contributed by atoms with van der Waals surface area (Å²) in [7, 11) is 0. The average molecular weight is 364 g/mol. The number of hydrogen-bond donors (Lipinski definition) is 1. The molecule has 0 aromatic heterocycles. The van der Waals surface area contributed by atoms with E-state index in [9.17, 15) is 9.59 Å². The SMILES string of the molecule is O=C(CCN1Cc2ccccc2C1=O)NCC1CCOc2ccccc2C1. The van der Waals surface area contributed by atoms with Crippen molar-refractivity contribution in [3.8, 4) is 5.75 Å². The fourth-order valence-corrected chi connectivity index (χ4v) is 3.81. The quantitative estimate of drug-likeness (QED) is 0.888. The van der Waals surface area contributed by atoms with Gasteiger partial charge in [0.15, 0.2) is 0 Å². The maximum absolute atomic E-state index is 12.3. The number of para-hydroxylation sites is 1. The third kappa shape index (κ3) is 3.97. The molecule has 4 rings (SSSR count). The second kappa shape index (κ2) is 7.82. The van der Waals surface area contributed by atoms with Crippen LogP contribution < -0.4 is 10.1 Å². The molecule has 0 fully saturated rings. The molecule has 1 N–H and O–H groups in total. The molecule has 5 nitrogen and oxygen atoms in total. The van der Waals surface area contributed by atoms with Crippen LogP contribution in [-0.2, 0) is 17.8 Å². The minimum atomic E-state index is -0.00259. The first kappa shape index (κ1) is 17.6. The Morgan fingerprint density at radius 2 is 1.89 bits per heavy atom. The van der Waals surface area contributed by atoms with E-state index in [1.807, 2.05) is 42.5 Å². The molecule has 140 valence electrons. The summed E-state index contributed by atoms with van der Waals surface area (Å²) in [6, 6.07) is 15.7. The summed E-state index contributed by atoms with van der Waals surface area (Å²) in [6.45, 7) is 2.37. The van der Waals surface area contributed by atoms with E-state index in [2.05, 4.69) is 11.4 Å². The van der Waals surface area contributed by atoms with Gasteiger partial charge in [-0.05, 0) is 42.0 Å². The van der Waals surface area contributed by atoms with Crippen LogP contribution >= 0.6 is 0 Å². The molecule has 0 bridgehead atoms. The molecule has 5 heteroatoms. The second-order valence-electron chi connectivity index (χ2n) is 7.25. The minimum Gasteiger partial charge on any atom is -0.493 e. The van der Waals surface area contributed by atoms with E-state index < -0.39 is 0 Å². The number of carbonyl (C=O) groups is 2. The standard InChI is InChI=1S/C22H24N2O3/c25-21(9-11-24-15-18-6-1-3-7-19(18)22(24)26)23-14-16-10-12-27-20-8-4-2-5-17(20)13-16/h1-8,16H,9-15H2,(H,23,25). The molecule has 0 radical (unpaired) electrons. The third-order valence-electron chi connectivity index (χ3n) is 5.36. The van der Waals surface area contributed by atoms with E-state index in [1.54, 1.807) is 4.90 Å². The summed E-state index contributed by atoms with van der Waals surface area (Å²) in [5.74, 6) is 1.35. The van der Waals surface area contributed by atoms with Gasteiger partial charge < -0.3 is 15.0 Å². The Morgan fingerprint density at radius 3 is 2.74 bits per heavy atom. The van der Waals surface area contributed by atoms with Crippen LogP contribution in [0.4, 0.5) is 0 Å². The monoisotopic (exact) mass is 364 g/mol. The minimum absolute atomic E-state index is 0.00259. The van der Waals surface area contributed by atoms with Gasteiger partial charge in [-0.3, -0.25) is 9.59 Å². The predicted molar refractivity (Wildman–Crippen MR) is 103 cm³/mol. The molecule has 0 spiro atoms. The topological polar surface area (TPSA) is 58.6 Å². The van der Waals surface area contributed by atoms with Gasteiger partial charge in [-0.25, -0.2) is 0 Å². The van der Waals surface area contributed by atoms with Crippen LogP contribution in [0.25, 0.3) is 0 Å². The van der Waals surface area contributed by atoms with E-state index in [0.29, 0.717) is 38.6 Å². The summed E-state index contributed by atoms with van der Waals surface area (Å²) < 4.78 is 5.79. The maximum Gasteiger partial charge on any atom is 0.254 e. The molecular formula is C22H24N2O3. The average Bonchev–Trinajstić information content (AvgIpc) is 2.87. The van der Waals surface area contributed by atoms with E-state index in [0.717, 1.165) is 29.7 Å². The summed E-state index contributed by atoms with van der Waals surface area (Å²) in [4.78, 5) is 26.4. The molecule has 1 atom stereocenters. The van der Waals surface area contributed by atoms with Crippen LogP contribution in [0, 0.1) is 5.92 Å². The third-order valence-corrected chi connectivity index (χ3v) is 5.36. The molecule has 2 heterocycles. The van der Waals surface area contributed by atoms with Crippen molar-refractivity contribution >= 4 is 11.8 Å². The van der Waals surface area contributed by atoms with Gasteiger partial charge in [0.25, 0.3) is 5.91 Å². The van der Waals surface area contributed by atoms with E-state index in [4.69, 9.17) is 4.74 Å². The van der Waals surface area contributed by atoms with Gasteiger partial charge in [-0.15, -0.1) is 0 Å². The van der Waals surface area contributed by atoms with Crippen molar-refractivity contribution in [3.05, 3.63) is 65.2 Å². The van der Waals surface area contributed by atoms with Crippen molar-refractivity contribution in [1.82, 2.24) is 10.2 Å².